The Hall–Kier alpha value is -2.43. The topological polar surface area (TPSA) is 55.8 Å². The van der Waals surface area contributed by atoms with Crippen molar-refractivity contribution in [3.63, 3.8) is 0 Å². The number of allylic oxidation sites excluding steroid dienone is 14. The van der Waals surface area contributed by atoms with Gasteiger partial charge in [-0.2, -0.15) is 0 Å². The summed E-state index contributed by atoms with van der Waals surface area (Å²) >= 11 is 0. The third kappa shape index (κ3) is 40.0. The van der Waals surface area contributed by atoms with Crippen LogP contribution >= 0.6 is 0 Å². The molecule has 0 aromatic rings. The number of ether oxygens (including phenoxy) is 2. The molecule has 4 heteroatoms. The average molecular weight is 695 g/mol. The third-order valence-corrected chi connectivity index (χ3v) is 8.48. The fourth-order valence-electron chi connectivity index (χ4n) is 5.42. The van der Waals surface area contributed by atoms with Gasteiger partial charge in [0.1, 0.15) is 6.10 Å². The quantitative estimate of drug-likeness (QED) is 0.0399. The number of aliphatic hydroxyl groups excluding tert-OH is 1. The summed E-state index contributed by atoms with van der Waals surface area (Å²) in [7, 11) is 0. The minimum atomic E-state index is -0.550. The molecule has 0 saturated heterocycles. The van der Waals surface area contributed by atoms with Crippen LogP contribution < -0.4 is 0 Å². The van der Waals surface area contributed by atoms with Crippen LogP contribution in [0.4, 0.5) is 0 Å². The Labute approximate surface area is 310 Å². The Morgan fingerprint density at radius 3 is 1.36 bits per heavy atom. The molecule has 0 saturated carbocycles. The Kier molecular flexibility index (Phi) is 40.7. The average Bonchev–Trinajstić information content (AvgIpc) is 3.12. The van der Waals surface area contributed by atoms with Crippen LogP contribution in [0.2, 0.25) is 0 Å². The molecular formula is C46H78O4. The maximum atomic E-state index is 12.1. The smallest absolute Gasteiger partial charge is 0.306 e. The lowest BCUT2D eigenvalue weighted by molar-refractivity contribution is -0.154. The number of hydrogen-bond acceptors (Lipinski definition) is 4. The number of carbonyl (C=O) groups excluding carboxylic acids is 1. The van der Waals surface area contributed by atoms with Gasteiger partial charge in [0.25, 0.3) is 0 Å². The second-order valence-corrected chi connectivity index (χ2v) is 13.3. The first-order valence-corrected chi connectivity index (χ1v) is 20.7. The number of hydrogen-bond donors (Lipinski definition) is 1. The predicted molar refractivity (Wildman–Crippen MR) is 219 cm³/mol. The Bertz CT molecular complexity index is 907. The molecule has 0 aromatic carbocycles. The zero-order chi connectivity index (χ0) is 36.3. The van der Waals surface area contributed by atoms with E-state index < -0.39 is 6.10 Å². The van der Waals surface area contributed by atoms with Gasteiger partial charge in [-0.1, -0.05) is 182 Å². The number of esters is 1. The van der Waals surface area contributed by atoms with Crippen molar-refractivity contribution in [1.82, 2.24) is 0 Å². The van der Waals surface area contributed by atoms with Crippen molar-refractivity contribution >= 4 is 5.97 Å². The van der Waals surface area contributed by atoms with E-state index in [4.69, 9.17) is 9.47 Å². The minimum Gasteiger partial charge on any atom is -0.457 e. The number of carbonyl (C=O) groups is 1. The Morgan fingerprint density at radius 2 is 0.900 bits per heavy atom. The number of unbranched alkanes of at least 4 members (excludes halogenated alkanes) is 15. The van der Waals surface area contributed by atoms with Crippen LogP contribution in [0.1, 0.15) is 174 Å². The van der Waals surface area contributed by atoms with E-state index in [1.165, 1.54) is 77.0 Å². The molecule has 0 bridgehead atoms. The van der Waals surface area contributed by atoms with Gasteiger partial charge in [0, 0.05) is 13.0 Å². The van der Waals surface area contributed by atoms with Crippen LogP contribution in [-0.2, 0) is 14.3 Å². The summed E-state index contributed by atoms with van der Waals surface area (Å²) in [6, 6.07) is 0. The molecule has 1 unspecified atom stereocenters. The van der Waals surface area contributed by atoms with Crippen LogP contribution in [-0.4, -0.2) is 37.0 Å². The molecule has 0 aliphatic heterocycles. The second kappa shape index (κ2) is 42.7. The van der Waals surface area contributed by atoms with Crippen molar-refractivity contribution in [3.8, 4) is 0 Å². The lowest BCUT2D eigenvalue weighted by Gasteiger charge is -2.15. The van der Waals surface area contributed by atoms with E-state index in [0.29, 0.717) is 13.0 Å². The molecule has 4 nitrogen and oxygen atoms in total. The van der Waals surface area contributed by atoms with E-state index in [1.807, 2.05) is 0 Å². The van der Waals surface area contributed by atoms with Crippen molar-refractivity contribution in [3.05, 3.63) is 85.1 Å². The molecule has 0 rings (SSSR count). The van der Waals surface area contributed by atoms with Crippen LogP contribution in [0, 0.1) is 0 Å². The summed E-state index contributed by atoms with van der Waals surface area (Å²) in [5, 5.41) is 9.57. The fraction of sp³-hybridized carbons (Fsp3) is 0.674. The summed E-state index contributed by atoms with van der Waals surface area (Å²) in [4.78, 5) is 12.1. The summed E-state index contributed by atoms with van der Waals surface area (Å²) in [6.45, 7) is 5.16. The molecule has 1 N–H and O–H groups in total. The molecule has 0 aliphatic rings. The molecule has 50 heavy (non-hydrogen) atoms. The maximum absolute atomic E-state index is 12.1. The van der Waals surface area contributed by atoms with Gasteiger partial charge in [-0.3, -0.25) is 4.79 Å². The highest BCUT2D eigenvalue weighted by atomic mass is 16.6. The number of aliphatic hydroxyl groups is 1. The van der Waals surface area contributed by atoms with Crippen LogP contribution in [0.5, 0.6) is 0 Å². The highest BCUT2D eigenvalue weighted by Crippen LogP contribution is 2.13. The SMILES string of the molecule is CC/C=C\C/C=C\C/C=C\C/C=C\C/C=C\C/C=C\C/C=C\CCCCCCOCC(CO)OC(=O)CCCCCCCCCCCCCC. The van der Waals surface area contributed by atoms with Crippen LogP contribution in [0.15, 0.2) is 85.1 Å². The van der Waals surface area contributed by atoms with E-state index in [0.717, 1.165) is 77.0 Å². The lowest BCUT2D eigenvalue weighted by Crippen LogP contribution is -2.27. The summed E-state index contributed by atoms with van der Waals surface area (Å²) in [5.41, 5.74) is 0. The first-order chi connectivity index (χ1) is 24.7. The van der Waals surface area contributed by atoms with Crippen LogP contribution in [0.25, 0.3) is 0 Å². The van der Waals surface area contributed by atoms with Gasteiger partial charge in [-0.15, -0.1) is 0 Å². The van der Waals surface area contributed by atoms with E-state index in [9.17, 15) is 9.90 Å². The normalized spacial score (nSPS) is 13.3. The van der Waals surface area contributed by atoms with Gasteiger partial charge in [-0.05, 0) is 70.6 Å². The summed E-state index contributed by atoms with van der Waals surface area (Å²) < 4.78 is 11.1. The summed E-state index contributed by atoms with van der Waals surface area (Å²) in [6.07, 6.45) is 59.2. The molecule has 0 aromatic heterocycles. The zero-order valence-electron chi connectivity index (χ0n) is 32.6. The largest absolute Gasteiger partial charge is 0.457 e. The second-order valence-electron chi connectivity index (χ2n) is 13.3. The van der Waals surface area contributed by atoms with E-state index in [1.54, 1.807) is 0 Å². The van der Waals surface area contributed by atoms with Gasteiger partial charge in [0.2, 0.25) is 0 Å². The third-order valence-electron chi connectivity index (χ3n) is 8.48. The van der Waals surface area contributed by atoms with Crippen molar-refractivity contribution < 1.29 is 19.4 Å². The maximum Gasteiger partial charge on any atom is 0.306 e. The van der Waals surface area contributed by atoms with Gasteiger partial charge in [0.15, 0.2) is 0 Å². The van der Waals surface area contributed by atoms with Gasteiger partial charge < -0.3 is 14.6 Å². The molecular weight excluding hydrogens is 617 g/mol. The number of rotatable bonds is 37. The van der Waals surface area contributed by atoms with Crippen molar-refractivity contribution in [2.75, 3.05) is 19.8 Å². The standard InChI is InChI=1S/C46H78O4/c1-3-5-7-9-11-13-15-17-18-19-20-21-22-23-24-25-26-27-28-29-30-32-34-36-38-40-42-49-44-45(43-47)50-46(48)41-39-37-35-33-31-16-14-12-10-8-6-4-2/h5,7,11,13,17-18,20-21,23-24,26-27,29-30,45,47H,3-4,6,8-10,12,14-16,19,22,25,28,31-44H2,1-2H3/b7-5-,13-11-,18-17-,21-20-,24-23-,27-26-,30-29-. The molecule has 286 valence electrons. The zero-order valence-corrected chi connectivity index (χ0v) is 32.6. The van der Waals surface area contributed by atoms with Gasteiger partial charge in [0.05, 0.1) is 13.2 Å². The van der Waals surface area contributed by atoms with Crippen molar-refractivity contribution in [2.24, 2.45) is 0 Å². The highest BCUT2D eigenvalue weighted by molar-refractivity contribution is 5.69. The molecule has 1 atom stereocenters. The molecule has 0 aliphatic carbocycles. The Morgan fingerprint density at radius 1 is 0.500 bits per heavy atom. The van der Waals surface area contributed by atoms with E-state index in [2.05, 4.69) is 98.9 Å². The van der Waals surface area contributed by atoms with E-state index >= 15 is 0 Å². The van der Waals surface area contributed by atoms with Gasteiger partial charge >= 0.3 is 5.97 Å². The van der Waals surface area contributed by atoms with E-state index in [-0.39, 0.29) is 19.2 Å². The molecule has 0 spiro atoms. The molecule has 0 amide bonds. The van der Waals surface area contributed by atoms with Crippen molar-refractivity contribution in [2.45, 2.75) is 180 Å². The first kappa shape index (κ1) is 47.6. The van der Waals surface area contributed by atoms with Gasteiger partial charge in [-0.25, -0.2) is 0 Å². The van der Waals surface area contributed by atoms with Crippen LogP contribution in [0.3, 0.4) is 0 Å². The first-order valence-electron chi connectivity index (χ1n) is 20.7. The molecule has 0 heterocycles. The highest BCUT2D eigenvalue weighted by Gasteiger charge is 2.13. The molecule has 0 fully saturated rings. The molecule has 0 radical (unpaired) electrons. The fourth-order valence-corrected chi connectivity index (χ4v) is 5.42. The Balaban J connectivity index is 3.56. The minimum absolute atomic E-state index is 0.185. The predicted octanol–water partition coefficient (Wildman–Crippen LogP) is 13.6. The lowest BCUT2D eigenvalue weighted by atomic mass is 10.0. The van der Waals surface area contributed by atoms with Crippen molar-refractivity contribution in [1.29, 1.82) is 0 Å². The summed E-state index contributed by atoms with van der Waals surface area (Å²) in [5.74, 6) is -0.214. The monoisotopic (exact) mass is 695 g/mol.